The Balaban J connectivity index is 1.59. The third kappa shape index (κ3) is 3.35. The molecule has 144 valence electrons. The number of H-pyrrole nitrogens is 1. The van der Waals surface area contributed by atoms with E-state index in [1.165, 1.54) is 24.3 Å². The summed E-state index contributed by atoms with van der Waals surface area (Å²) < 4.78 is 26.8. The van der Waals surface area contributed by atoms with Crippen LogP contribution in [0.1, 0.15) is 11.3 Å². The van der Waals surface area contributed by atoms with Crippen LogP contribution in [0, 0.1) is 11.6 Å². The zero-order chi connectivity index (χ0) is 19.8. The van der Waals surface area contributed by atoms with Crippen molar-refractivity contribution in [1.29, 1.82) is 0 Å². The van der Waals surface area contributed by atoms with Gasteiger partial charge in [-0.1, -0.05) is 0 Å². The van der Waals surface area contributed by atoms with E-state index in [4.69, 9.17) is 4.98 Å². The van der Waals surface area contributed by atoms with Crippen LogP contribution in [-0.2, 0) is 13.0 Å². The number of anilines is 1. The number of nitrogens with zero attached hydrogens (tertiary/aromatic N) is 4. The van der Waals surface area contributed by atoms with Crippen LogP contribution in [0.2, 0.25) is 0 Å². The fourth-order valence-electron chi connectivity index (χ4n) is 3.58. The molecule has 5 rings (SSSR count). The van der Waals surface area contributed by atoms with Crippen LogP contribution in [0.5, 0.6) is 0 Å². The molecule has 0 saturated carbocycles. The molecule has 1 aliphatic heterocycles. The SMILES string of the molecule is Fc1ccc(-c2ncc(N3CCc4[nH]ncc4C3)nc2-c2ccc(F)cc2)cc1. The number of hydrogen-bond acceptors (Lipinski definition) is 4. The summed E-state index contributed by atoms with van der Waals surface area (Å²) in [6.45, 7) is 1.49. The zero-order valence-corrected chi connectivity index (χ0v) is 15.4. The highest BCUT2D eigenvalue weighted by atomic mass is 19.1. The summed E-state index contributed by atoms with van der Waals surface area (Å²) in [5, 5.41) is 7.14. The van der Waals surface area contributed by atoms with Crippen molar-refractivity contribution in [2.75, 3.05) is 11.4 Å². The Labute approximate surface area is 166 Å². The molecule has 5 nitrogen and oxygen atoms in total. The van der Waals surface area contributed by atoms with Crippen molar-refractivity contribution in [1.82, 2.24) is 20.2 Å². The highest BCUT2D eigenvalue weighted by Crippen LogP contribution is 2.32. The van der Waals surface area contributed by atoms with Gasteiger partial charge in [0.05, 0.1) is 23.8 Å². The van der Waals surface area contributed by atoms with E-state index < -0.39 is 0 Å². The third-order valence-electron chi connectivity index (χ3n) is 5.12. The van der Waals surface area contributed by atoms with Gasteiger partial charge in [0.1, 0.15) is 17.5 Å². The van der Waals surface area contributed by atoms with Gasteiger partial charge in [0, 0.05) is 41.9 Å². The summed E-state index contributed by atoms with van der Waals surface area (Å²) in [5.74, 6) is 0.109. The number of benzene rings is 2. The van der Waals surface area contributed by atoms with Crippen LogP contribution in [0.15, 0.2) is 60.9 Å². The zero-order valence-electron chi connectivity index (χ0n) is 15.4. The van der Waals surface area contributed by atoms with Crippen LogP contribution in [0.25, 0.3) is 22.5 Å². The number of hydrogen-bond donors (Lipinski definition) is 1. The van der Waals surface area contributed by atoms with Gasteiger partial charge in [-0.15, -0.1) is 0 Å². The fourth-order valence-corrected chi connectivity index (χ4v) is 3.58. The minimum absolute atomic E-state index is 0.314. The monoisotopic (exact) mass is 389 g/mol. The Kier molecular flexibility index (Phi) is 4.27. The fraction of sp³-hybridized carbons (Fsp3) is 0.136. The lowest BCUT2D eigenvalue weighted by Crippen LogP contribution is -2.30. The Morgan fingerprint density at radius 3 is 2.17 bits per heavy atom. The molecule has 29 heavy (non-hydrogen) atoms. The van der Waals surface area contributed by atoms with Crippen molar-refractivity contribution in [3.05, 3.63) is 83.8 Å². The summed E-state index contributed by atoms with van der Waals surface area (Å²) in [6.07, 6.45) is 4.42. The molecule has 0 spiro atoms. The van der Waals surface area contributed by atoms with E-state index in [0.717, 1.165) is 41.2 Å². The average Bonchev–Trinajstić information content (AvgIpc) is 3.22. The normalized spacial score (nSPS) is 13.4. The van der Waals surface area contributed by atoms with Gasteiger partial charge in [0.25, 0.3) is 0 Å². The smallest absolute Gasteiger partial charge is 0.148 e. The molecule has 3 heterocycles. The first-order chi connectivity index (χ1) is 14.2. The molecule has 0 radical (unpaired) electrons. The molecule has 0 bridgehead atoms. The molecule has 7 heteroatoms. The van der Waals surface area contributed by atoms with Crippen molar-refractivity contribution < 1.29 is 8.78 Å². The minimum Gasteiger partial charge on any atom is -0.350 e. The van der Waals surface area contributed by atoms with E-state index in [1.807, 2.05) is 6.20 Å². The van der Waals surface area contributed by atoms with Crippen molar-refractivity contribution >= 4 is 5.82 Å². The summed E-state index contributed by atoms with van der Waals surface area (Å²) in [4.78, 5) is 11.7. The lowest BCUT2D eigenvalue weighted by Gasteiger charge is -2.28. The molecule has 1 N–H and O–H groups in total. The topological polar surface area (TPSA) is 57.7 Å². The molecule has 2 aromatic carbocycles. The molecule has 0 unspecified atom stereocenters. The Morgan fingerprint density at radius 2 is 1.48 bits per heavy atom. The van der Waals surface area contributed by atoms with E-state index in [0.29, 0.717) is 17.9 Å². The van der Waals surface area contributed by atoms with Gasteiger partial charge in [-0.05, 0) is 48.5 Å². The maximum Gasteiger partial charge on any atom is 0.148 e. The van der Waals surface area contributed by atoms with E-state index >= 15 is 0 Å². The Morgan fingerprint density at radius 1 is 0.828 bits per heavy atom. The number of nitrogens with one attached hydrogen (secondary N) is 1. The minimum atomic E-state index is -0.315. The van der Waals surface area contributed by atoms with Gasteiger partial charge in [-0.3, -0.25) is 10.1 Å². The predicted molar refractivity (Wildman–Crippen MR) is 106 cm³/mol. The molecule has 4 aromatic rings. The standard InChI is InChI=1S/C22H17F2N5/c23-17-5-1-14(2-6-17)21-22(15-3-7-18(24)8-4-15)27-20(12-25-21)29-10-9-19-16(13-29)11-26-28-19/h1-8,11-12H,9-10,13H2,(H,26,28). The molecule has 1 aliphatic rings. The van der Waals surface area contributed by atoms with Crippen molar-refractivity contribution in [3.63, 3.8) is 0 Å². The quantitative estimate of drug-likeness (QED) is 0.565. The number of halogens is 2. The summed E-state index contributed by atoms with van der Waals surface area (Å²) in [6, 6.07) is 12.3. The largest absolute Gasteiger partial charge is 0.350 e. The molecule has 0 fully saturated rings. The highest BCUT2D eigenvalue weighted by molar-refractivity contribution is 5.78. The Bertz CT molecular complexity index is 1150. The summed E-state index contributed by atoms with van der Waals surface area (Å²) in [5.41, 5.74) is 5.05. The molecule has 0 aliphatic carbocycles. The van der Waals surface area contributed by atoms with E-state index in [-0.39, 0.29) is 11.6 Å². The van der Waals surface area contributed by atoms with Crippen LogP contribution < -0.4 is 4.90 Å². The highest BCUT2D eigenvalue weighted by Gasteiger charge is 2.21. The van der Waals surface area contributed by atoms with Crippen LogP contribution in [0.3, 0.4) is 0 Å². The second-order valence-corrected chi connectivity index (χ2v) is 6.98. The van der Waals surface area contributed by atoms with E-state index in [2.05, 4.69) is 20.1 Å². The van der Waals surface area contributed by atoms with Crippen LogP contribution in [-0.4, -0.2) is 26.7 Å². The lowest BCUT2D eigenvalue weighted by atomic mass is 10.0. The molecule has 0 atom stereocenters. The Hall–Kier alpha value is -3.61. The molecule has 2 aromatic heterocycles. The number of aromatic amines is 1. The second kappa shape index (κ2) is 7.09. The first-order valence-corrected chi connectivity index (χ1v) is 9.32. The van der Waals surface area contributed by atoms with E-state index in [9.17, 15) is 8.78 Å². The lowest BCUT2D eigenvalue weighted by molar-refractivity contribution is 0.627. The number of rotatable bonds is 3. The number of fused-ring (bicyclic) bond motifs is 1. The van der Waals surface area contributed by atoms with Crippen molar-refractivity contribution in [3.8, 4) is 22.5 Å². The molecular formula is C22H17F2N5. The van der Waals surface area contributed by atoms with Gasteiger partial charge in [0.15, 0.2) is 0 Å². The molecule has 0 amide bonds. The van der Waals surface area contributed by atoms with Gasteiger partial charge in [0.2, 0.25) is 0 Å². The van der Waals surface area contributed by atoms with Gasteiger partial charge >= 0.3 is 0 Å². The first kappa shape index (κ1) is 17.5. The van der Waals surface area contributed by atoms with Crippen molar-refractivity contribution in [2.45, 2.75) is 13.0 Å². The second-order valence-electron chi connectivity index (χ2n) is 6.98. The number of aromatic nitrogens is 4. The van der Waals surface area contributed by atoms with Gasteiger partial charge < -0.3 is 4.90 Å². The maximum atomic E-state index is 13.5. The van der Waals surface area contributed by atoms with Gasteiger partial charge in [-0.2, -0.15) is 5.10 Å². The van der Waals surface area contributed by atoms with Crippen LogP contribution in [0.4, 0.5) is 14.6 Å². The predicted octanol–water partition coefficient (Wildman–Crippen LogP) is 4.37. The van der Waals surface area contributed by atoms with Crippen LogP contribution >= 0.6 is 0 Å². The summed E-state index contributed by atoms with van der Waals surface area (Å²) >= 11 is 0. The average molecular weight is 389 g/mol. The summed E-state index contributed by atoms with van der Waals surface area (Å²) in [7, 11) is 0. The van der Waals surface area contributed by atoms with E-state index in [1.54, 1.807) is 30.5 Å². The van der Waals surface area contributed by atoms with Gasteiger partial charge in [-0.25, -0.2) is 13.8 Å². The van der Waals surface area contributed by atoms with Crippen molar-refractivity contribution in [2.24, 2.45) is 0 Å². The molecular weight excluding hydrogens is 372 g/mol. The third-order valence-corrected chi connectivity index (χ3v) is 5.12. The molecule has 0 saturated heterocycles. The maximum absolute atomic E-state index is 13.5. The first-order valence-electron chi connectivity index (χ1n) is 9.32.